The zero-order valence-corrected chi connectivity index (χ0v) is 21.8. The van der Waals surface area contributed by atoms with Gasteiger partial charge in [0.1, 0.15) is 23.3 Å². The normalized spacial score (nSPS) is 13.4. The Morgan fingerprint density at radius 2 is 1.65 bits per heavy atom. The van der Waals surface area contributed by atoms with E-state index < -0.39 is 11.7 Å². The lowest BCUT2D eigenvalue weighted by Gasteiger charge is -2.28. The number of pyridine rings is 1. The summed E-state index contributed by atoms with van der Waals surface area (Å²) in [6, 6.07) is 19.4. The van der Waals surface area contributed by atoms with Gasteiger partial charge >= 0.3 is 6.09 Å². The number of amides is 2. The molecule has 4 rings (SSSR count). The third kappa shape index (κ3) is 6.46. The van der Waals surface area contributed by atoms with Crippen molar-refractivity contribution in [3.05, 3.63) is 78.0 Å². The summed E-state index contributed by atoms with van der Waals surface area (Å²) in [6.45, 7) is 7.03. The number of nitrogens with one attached hydrogen (secondary N) is 1. The number of carbonyl (C=O) groups excluding carboxylic acids is 2. The van der Waals surface area contributed by atoms with Crippen LogP contribution in [-0.4, -0.2) is 47.7 Å². The van der Waals surface area contributed by atoms with E-state index in [-0.39, 0.29) is 17.3 Å². The van der Waals surface area contributed by atoms with Crippen LogP contribution in [0, 0.1) is 6.20 Å². The molecule has 3 aromatic rings. The fraction of sp³-hybridized carbons (Fsp3) is 0.345. The van der Waals surface area contributed by atoms with Gasteiger partial charge in [-0.3, -0.25) is 14.9 Å². The lowest BCUT2D eigenvalue weighted by molar-refractivity contribution is 0.0635. The second-order valence-corrected chi connectivity index (χ2v) is 9.87. The summed E-state index contributed by atoms with van der Waals surface area (Å²) in [5, 5.41) is 4.36. The van der Waals surface area contributed by atoms with Gasteiger partial charge in [-0.1, -0.05) is 60.7 Å². The number of ether oxygens (including phenoxy) is 1. The van der Waals surface area contributed by atoms with Crippen LogP contribution in [0.15, 0.2) is 60.7 Å². The molecule has 1 fully saturated rings. The van der Waals surface area contributed by atoms with Crippen molar-refractivity contribution in [2.45, 2.75) is 45.8 Å². The minimum absolute atomic E-state index is 0.101. The van der Waals surface area contributed by atoms with Crippen LogP contribution in [0.25, 0.3) is 11.1 Å². The van der Waals surface area contributed by atoms with Gasteiger partial charge in [0.15, 0.2) is 0 Å². The van der Waals surface area contributed by atoms with Crippen molar-refractivity contribution < 1.29 is 19.2 Å². The van der Waals surface area contributed by atoms with Crippen LogP contribution in [0.3, 0.4) is 0 Å². The van der Waals surface area contributed by atoms with Gasteiger partial charge in [-0.15, -0.1) is 0 Å². The molecule has 8 heteroatoms. The summed E-state index contributed by atoms with van der Waals surface area (Å²) >= 11 is 0. The van der Waals surface area contributed by atoms with Crippen molar-refractivity contribution in [3.63, 3.8) is 0 Å². The molecule has 1 saturated heterocycles. The van der Waals surface area contributed by atoms with E-state index in [0.717, 1.165) is 24.0 Å². The Balaban J connectivity index is 1.88. The molecule has 0 unspecified atom stereocenters. The molecular weight excluding hydrogens is 468 g/mol. The summed E-state index contributed by atoms with van der Waals surface area (Å²) < 4.78 is 5.46. The zero-order valence-electron chi connectivity index (χ0n) is 21.8. The van der Waals surface area contributed by atoms with Gasteiger partial charge in [0.05, 0.1) is 19.2 Å². The van der Waals surface area contributed by atoms with Gasteiger partial charge in [0.25, 0.3) is 5.91 Å². The molecule has 1 N–H and O–H groups in total. The molecule has 0 aliphatic carbocycles. The third-order valence-corrected chi connectivity index (χ3v) is 5.92. The van der Waals surface area contributed by atoms with E-state index in [1.165, 1.54) is 0 Å². The Hall–Kier alpha value is -3.91. The molecule has 1 aromatic heterocycles. The van der Waals surface area contributed by atoms with Crippen LogP contribution in [-0.2, 0) is 16.1 Å². The molecule has 2 amide bonds. The Labute approximate surface area is 218 Å². The Kier molecular flexibility index (Phi) is 8.08. The SMILES string of the molecule is CON(Cc1ccccc1)c1[c]nc(NC(=O)OC(C)(C)C)c(C(=O)N2CCCC2)c1-c1ccccc1. The van der Waals surface area contributed by atoms with E-state index in [9.17, 15) is 9.59 Å². The molecule has 2 heterocycles. The minimum Gasteiger partial charge on any atom is -0.444 e. The smallest absolute Gasteiger partial charge is 0.413 e. The second-order valence-electron chi connectivity index (χ2n) is 9.87. The van der Waals surface area contributed by atoms with Crippen molar-refractivity contribution in [3.8, 4) is 11.1 Å². The summed E-state index contributed by atoms with van der Waals surface area (Å²) in [5.74, 6) is -0.106. The van der Waals surface area contributed by atoms with E-state index in [2.05, 4.69) is 16.5 Å². The Morgan fingerprint density at radius 1 is 1.03 bits per heavy atom. The van der Waals surface area contributed by atoms with E-state index >= 15 is 0 Å². The number of hydrogen-bond donors (Lipinski definition) is 1. The Bertz CT molecular complexity index is 1220. The van der Waals surface area contributed by atoms with Crippen molar-refractivity contribution in [1.29, 1.82) is 0 Å². The number of rotatable bonds is 7. The minimum atomic E-state index is -0.711. The van der Waals surface area contributed by atoms with Gasteiger partial charge in [-0.05, 0) is 44.7 Å². The van der Waals surface area contributed by atoms with Crippen molar-refractivity contribution in [2.75, 3.05) is 30.6 Å². The van der Waals surface area contributed by atoms with Crippen LogP contribution in [0.4, 0.5) is 16.3 Å². The maximum atomic E-state index is 14.0. The number of aromatic nitrogens is 1. The van der Waals surface area contributed by atoms with Crippen molar-refractivity contribution >= 4 is 23.5 Å². The molecule has 8 nitrogen and oxygen atoms in total. The molecule has 0 bridgehead atoms. The van der Waals surface area contributed by atoms with Gasteiger partial charge in [0.2, 0.25) is 0 Å². The molecule has 1 radical (unpaired) electrons. The van der Waals surface area contributed by atoms with E-state index in [1.54, 1.807) is 37.8 Å². The zero-order chi connectivity index (χ0) is 26.4. The molecule has 0 atom stereocenters. The molecule has 1 aliphatic rings. The number of anilines is 2. The highest BCUT2D eigenvalue weighted by atomic mass is 16.7. The maximum absolute atomic E-state index is 14.0. The second kappa shape index (κ2) is 11.4. The number of likely N-dealkylation sites (tertiary alicyclic amines) is 1. The highest BCUT2D eigenvalue weighted by molar-refractivity contribution is 6.09. The predicted molar refractivity (Wildman–Crippen MR) is 143 cm³/mol. The molecular formula is C29H33N4O4. The molecule has 0 spiro atoms. The highest BCUT2D eigenvalue weighted by Gasteiger charge is 2.31. The van der Waals surface area contributed by atoms with Crippen molar-refractivity contribution in [1.82, 2.24) is 9.88 Å². The average Bonchev–Trinajstić information content (AvgIpc) is 3.42. The number of hydrogen-bond acceptors (Lipinski definition) is 6. The Morgan fingerprint density at radius 3 is 2.24 bits per heavy atom. The number of hydroxylamine groups is 1. The monoisotopic (exact) mass is 501 g/mol. The standard InChI is InChI=1S/C29H33N4O4/c1-29(2,3)37-28(35)31-26-25(27(34)32-17-11-12-18-32)24(22-15-9-6-10-16-22)23(19-30-26)33(36-4)20-21-13-7-5-8-14-21/h5-10,13-16H,11-12,17-18,20H2,1-4H3,(H,30,31,35). The first-order chi connectivity index (χ1) is 17.8. The number of benzene rings is 2. The number of carbonyl (C=O) groups is 2. The molecule has 0 saturated carbocycles. The van der Waals surface area contributed by atoms with Gasteiger partial charge in [-0.2, -0.15) is 0 Å². The molecule has 193 valence electrons. The van der Waals surface area contributed by atoms with Gasteiger partial charge in [0, 0.05) is 18.7 Å². The van der Waals surface area contributed by atoms with E-state index in [1.807, 2.05) is 60.7 Å². The first kappa shape index (κ1) is 26.2. The van der Waals surface area contributed by atoms with E-state index in [0.29, 0.717) is 30.9 Å². The highest BCUT2D eigenvalue weighted by Crippen LogP contribution is 2.38. The summed E-state index contributed by atoms with van der Waals surface area (Å²) in [6.07, 6.45) is 4.21. The van der Waals surface area contributed by atoms with Gasteiger partial charge < -0.3 is 9.64 Å². The van der Waals surface area contributed by atoms with Gasteiger partial charge in [-0.25, -0.2) is 14.8 Å². The van der Waals surface area contributed by atoms with Crippen LogP contribution in [0.2, 0.25) is 0 Å². The summed E-state index contributed by atoms with van der Waals surface area (Å²) in [7, 11) is 1.57. The van der Waals surface area contributed by atoms with Crippen molar-refractivity contribution in [2.24, 2.45) is 0 Å². The molecule has 37 heavy (non-hydrogen) atoms. The first-order valence-electron chi connectivity index (χ1n) is 12.4. The largest absolute Gasteiger partial charge is 0.444 e. The number of nitrogens with zero attached hydrogens (tertiary/aromatic N) is 3. The van der Waals surface area contributed by atoms with Crippen LogP contribution in [0.1, 0.15) is 49.5 Å². The molecule has 2 aromatic carbocycles. The van der Waals surface area contributed by atoms with Crippen LogP contribution < -0.4 is 10.4 Å². The average molecular weight is 502 g/mol. The lowest BCUT2D eigenvalue weighted by atomic mass is 9.97. The summed E-state index contributed by atoms with van der Waals surface area (Å²) in [5.41, 5.74) is 2.44. The first-order valence-corrected chi connectivity index (χ1v) is 12.4. The van der Waals surface area contributed by atoms with Crippen LogP contribution in [0.5, 0.6) is 0 Å². The fourth-order valence-corrected chi connectivity index (χ4v) is 4.29. The predicted octanol–water partition coefficient (Wildman–Crippen LogP) is 5.70. The fourth-order valence-electron chi connectivity index (χ4n) is 4.29. The molecule has 1 aliphatic heterocycles. The maximum Gasteiger partial charge on any atom is 0.413 e. The third-order valence-electron chi connectivity index (χ3n) is 5.92. The summed E-state index contributed by atoms with van der Waals surface area (Å²) in [4.78, 5) is 38.7. The lowest BCUT2D eigenvalue weighted by Crippen LogP contribution is -2.32. The topological polar surface area (TPSA) is 84.0 Å². The van der Waals surface area contributed by atoms with Crippen LogP contribution >= 0.6 is 0 Å². The van der Waals surface area contributed by atoms with E-state index in [4.69, 9.17) is 9.57 Å². The quantitative estimate of drug-likeness (QED) is 0.418.